The van der Waals surface area contributed by atoms with Gasteiger partial charge < -0.3 is 16.0 Å². The van der Waals surface area contributed by atoms with Crippen molar-refractivity contribution >= 4 is 5.91 Å². The van der Waals surface area contributed by atoms with E-state index in [1.54, 1.807) is 7.05 Å². The first-order valence-corrected chi connectivity index (χ1v) is 7.08. The summed E-state index contributed by atoms with van der Waals surface area (Å²) in [5, 5.41) is 3.00. The number of likely N-dealkylation sites (N-methyl/N-ethyl adjacent to an activating group) is 1. The minimum atomic E-state index is -4.08. The third-order valence-electron chi connectivity index (χ3n) is 4.95. The average Bonchev–Trinajstić information content (AvgIpc) is 2.83. The molecule has 1 saturated carbocycles. The van der Waals surface area contributed by atoms with Crippen LogP contribution in [0.25, 0.3) is 0 Å². The Kier molecular flexibility index (Phi) is 4.30. The molecule has 116 valence electrons. The van der Waals surface area contributed by atoms with Crippen LogP contribution in [0, 0.1) is 5.92 Å². The lowest BCUT2D eigenvalue weighted by molar-refractivity contribution is -0.186. The van der Waals surface area contributed by atoms with Crippen molar-refractivity contribution in [1.29, 1.82) is 0 Å². The number of rotatable bonds is 3. The highest BCUT2D eigenvalue weighted by molar-refractivity contribution is 5.85. The van der Waals surface area contributed by atoms with E-state index < -0.39 is 17.6 Å². The summed E-state index contributed by atoms with van der Waals surface area (Å²) in [5.74, 6) is -1.54. The third-order valence-corrected chi connectivity index (χ3v) is 4.95. The van der Waals surface area contributed by atoms with E-state index in [4.69, 9.17) is 5.73 Å². The number of amides is 1. The molecule has 1 heterocycles. The van der Waals surface area contributed by atoms with Crippen LogP contribution in [-0.2, 0) is 4.79 Å². The molecule has 7 heteroatoms. The SMILES string of the molecule is CNC1(C(N)=O)CCC(N2CCC(C(F)(F)F)CC2)C1. The topological polar surface area (TPSA) is 58.4 Å². The van der Waals surface area contributed by atoms with Gasteiger partial charge in [0.15, 0.2) is 0 Å². The Morgan fingerprint density at radius 1 is 1.30 bits per heavy atom. The lowest BCUT2D eigenvalue weighted by atomic mass is 9.93. The van der Waals surface area contributed by atoms with Gasteiger partial charge in [0.2, 0.25) is 5.91 Å². The molecule has 0 bridgehead atoms. The first kappa shape index (κ1) is 15.6. The second-order valence-corrected chi connectivity index (χ2v) is 5.94. The summed E-state index contributed by atoms with van der Waals surface area (Å²) < 4.78 is 37.9. The summed E-state index contributed by atoms with van der Waals surface area (Å²) in [6.07, 6.45) is -1.71. The van der Waals surface area contributed by atoms with E-state index in [9.17, 15) is 18.0 Å². The Hall–Kier alpha value is -0.820. The molecular formula is C13H22F3N3O. The number of primary amides is 1. The van der Waals surface area contributed by atoms with E-state index >= 15 is 0 Å². The monoisotopic (exact) mass is 293 g/mol. The van der Waals surface area contributed by atoms with Crippen LogP contribution in [-0.4, -0.2) is 48.7 Å². The Bertz CT molecular complexity index is 366. The first-order chi connectivity index (χ1) is 9.28. The number of carbonyl (C=O) groups is 1. The number of hydrogen-bond acceptors (Lipinski definition) is 3. The molecule has 1 aliphatic heterocycles. The molecule has 2 aliphatic rings. The van der Waals surface area contributed by atoms with E-state index in [0.29, 0.717) is 25.9 Å². The number of alkyl halides is 3. The van der Waals surface area contributed by atoms with Crippen molar-refractivity contribution in [3.05, 3.63) is 0 Å². The summed E-state index contributed by atoms with van der Waals surface area (Å²) in [7, 11) is 1.71. The molecule has 4 nitrogen and oxygen atoms in total. The lowest BCUT2D eigenvalue weighted by Crippen LogP contribution is -2.53. The van der Waals surface area contributed by atoms with Crippen molar-refractivity contribution in [1.82, 2.24) is 10.2 Å². The van der Waals surface area contributed by atoms with Crippen LogP contribution in [0.4, 0.5) is 13.2 Å². The quantitative estimate of drug-likeness (QED) is 0.823. The van der Waals surface area contributed by atoms with Gasteiger partial charge in [0.1, 0.15) is 0 Å². The van der Waals surface area contributed by atoms with Gasteiger partial charge in [-0.25, -0.2) is 0 Å². The summed E-state index contributed by atoms with van der Waals surface area (Å²) >= 11 is 0. The molecule has 0 radical (unpaired) electrons. The normalized spacial score (nSPS) is 33.5. The fourth-order valence-corrected chi connectivity index (χ4v) is 3.50. The fourth-order valence-electron chi connectivity index (χ4n) is 3.50. The number of likely N-dealkylation sites (tertiary alicyclic amines) is 1. The van der Waals surface area contributed by atoms with Gasteiger partial charge >= 0.3 is 6.18 Å². The van der Waals surface area contributed by atoms with Gasteiger partial charge in [-0.3, -0.25) is 4.79 Å². The second-order valence-electron chi connectivity index (χ2n) is 5.94. The molecule has 0 spiro atoms. The van der Waals surface area contributed by atoms with Crippen molar-refractivity contribution in [2.45, 2.75) is 49.9 Å². The lowest BCUT2D eigenvalue weighted by Gasteiger charge is -2.37. The van der Waals surface area contributed by atoms with Crippen LogP contribution in [0.15, 0.2) is 0 Å². The Labute approximate surface area is 116 Å². The molecule has 0 aromatic carbocycles. The molecule has 0 aromatic rings. The average molecular weight is 293 g/mol. The molecule has 1 aliphatic carbocycles. The van der Waals surface area contributed by atoms with Gasteiger partial charge in [-0.1, -0.05) is 0 Å². The Morgan fingerprint density at radius 3 is 2.30 bits per heavy atom. The van der Waals surface area contributed by atoms with Crippen molar-refractivity contribution in [3.63, 3.8) is 0 Å². The number of carbonyl (C=O) groups excluding carboxylic acids is 1. The van der Waals surface area contributed by atoms with E-state index in [-0.39, 0.29) is 24.8 Å². The van der Waals surface area contributed by atoms with E-state index in [1.165, 1.54) is 0 Å². The van der Waals surface area contributed by atoms with Crippen LogP contribution in [0.1, 0.15) is 32.1 Å². The molecular weight excluding hydrogens is 271 g/mol. The Morgan fingerprint density at radius 2 is 1.90 bits per heavy atom. The molecule has 20 heavy (non-hydrogen) atoms. The predicted octanol–water partition coefficient (Wildman–Crippen LogP) is 1.26. The number of nitrogens with zero attached hydrogens (tertiary/aromatic N) is 1. The first-order valence-electron chi connectivity index (χ1n) is 7.08. The summed E-state index contributed by atoms with van der Waals surface area (Å²) in [6.45, 7) is 0.904. The maximum absolute atomic E-state index is 12.6. The smallest absolute Gasteiger partial charge is 0.368 e. The van der Waals surface area contributed by atoms with E-state index in [0.717, 1.165) is 6.42 Å². The second kappa shape index (κ2) is 5.52. The van der Waals surface area contributed by atoms with Crippen molar-refractivity contribution < 1.29 is 18.0 Å². The zero-order valence-electron chi connectivity index (χ0n) is 11.7. The fraction of sp³-hybridized carbons (Fsp3) is 0.923. The summed E-state index contributed by atoms with van der Waals surface area (Å²) in [4.78, 5) is 13.6. The highest BCUT2D eigenvalue weighted by Crippen LogP contribution is 2.38. The zero-order valence-corrected chi connectivity index (χ0v) is 11.7. The number of hydrogen-bond donors (Lipinski definition) is 2. The third kappa shape index (κ3) is 2.93. The molecule has 0 aromatic heterocycles. The van der Waals surface area contributed by atoms with Gasteiger partial charge in [-0.2, -0.15) is 13.2 Å². The van der Waals surface area contributed by atoms with Crippen LogP contribution >= 0.6 is 0 Å². The van der Waals surface area contributed by atoms with Gasteiger partial charge in [-0.15, -0.1) is 0 Å². The van der Waals surface area contributed by atoms with Crippen molar-refractivity contribution in [2.75, 3.05) is 20.1 Å². The van der Waals surface area contributed by atoms with E-state index in [2.05, 4.69) is 10.2 Å². The molecule has 1 saturated heterocycles. The summed E-state index contributed by atoms with van der Waals surface area (Å²) in [6, 6.07) is 0.157. The number of nitrogens with two attached hydrogens (primary N) is 1. The van der Waals surface area contributed by atoms with Crippen LogP contribution in [0.2, 0.25) is 0 Å². The number of halogens is 3. The Balaban J connectivity index is 1.91. The number of nitrogens with one attached hydrogen (secondary N) is 1. The molecule has 2 fully saturated rings. The molecule has 2 rings (SSSR count). The summed E-state index contributed by atoms with van der Waals surface area (Å²) in [5.41, 5.74) is 4.76. The molecule has 1 amide bonds. The van der Waals surface area contributed by atoms with E-state index in [1.807, 2.05) is 0 Å². The highest BCUT2D eigenvalue weighted by Gasteiger charge is 2.47. The maximum Gasteiger partial charge on any atom is 0.391 e. The van der Waals surface area contributed by atoms with Gasteiger partial charge in [0.05, 0.1) is 11.5 Å². The number of piperidine rings is 1. The molecule has 2 unspecified atom stereocenters. The highest BCUT2D eigenvalue weighted by atomic mass is 19.4. The van der Waals surface area contributed by atoms with Crippen molar-refractivity contribution in [3.8, 4) is 0 Å². The van der Waals surface area contributed by atoms with Crippen LogP contribution in [0.3, 0.4) is 0 Å². The van der Waals surface area contributed by atoms with Crippen molar-refractivity contribution in [2.24, 2.45) is 11.7 Å². The maximum atomic E-state index is 12.6. The minimum absolute atomic E-state index is 0.156. The van der Waals surface area contributed by atoms with Crippen LogP contribution < -0.4 is 11.1 Å². The zero-order chi connectivity index (χ0) is 15.0. The van der Waals surface area contributed by atoms with Crippen LogP contribution in [0.5, 0.6) is 0 Å². The van der Waals surface area contributed by atoms with Gasteiger partial charge in [0, 0.05) is 6.04 Å². The minimum Gasteiger partial charge on any atom is -0.368 e. The molecule has 2 atom stereocenters. The predicted molar refractivity (Wildman–Crippen MR) is 69.0 cm³/mol. The largest absolute Gasteiger partial charge is 0.391 e. The molecule has 3 N–H and O–H groups in total. The van der Waals surface area contributed by atoms with Gasteiger partial charge in [-0.05, 0) is 52.2 Å². The standard InChI is InChI=1S/C13H22F3N3O/c1-18-12(11(17)20)5-2-10(8-12)19-6-3-9(4-7-19)13(14,15)16/h9-10,18H,2-8H2,1H3,(H2,17,20). The van der Waals surface area contributed by atoms with Gasteiger partial charge in [0.25, 0.3) is 0 Å².